The smallest absolute Gasteiger partial charge is 0.0820 e. The van der Waals surface area contributed by atoms with Crippen molar-refractivity contribution < 1.29 is 0 Å². The summed E-state index contributed by atoms with van der Waals surface area (Å²) in [5.74, 6) is 0. The fraction of sp³-hybridized carbons (Fsp3) is 0.214. The topological polar surface area (TPSA) is 37.0 Å². The Morgan fingerprint density at radius 2 is 2.11 bits per heavy atom. The molecule has 1 aliphatic rings. The zero-order valence-electron chi connectivity index (χ0n) is 9.91. The monoisotopic (exact) mass is 259 g/mol. The molecule has 4 heteroatoms. The molecule has 0 aliphatic carbocycles. The molecule has 2 heterocycles. The van der Waals surface area contributed by atoms with Crippen molar-refractivity contribution >= 4 is 17.3 Å². The summed E-state index contributed by atoms with van der Waals surface area (Å²) in [6, 6.07) is 8.49. The minimum absolute atomic E-state index is 0.653. The molecule has 0 fully saturated rings. The highest BCUT2D eigenvalue weighted by atomic mass is 35.5. The van der Waals surface area contributed by atoms with Crippen LogP contribution in [0.15, 0.2) is 36.7 Å². The first-order valence-corrected chi connectivity index (χ1v) is 6.35. The van der Waals surface area contributed by atoms with Gasteiger partial charge in [-0.2, -0.15) is 0 Å². The predicted molar refractivity (Wildman–Crippen MR) is 73.6 cm³/mol. The standard InChI is InChI=1S/C14H14ClN3/c15-13-9-16-4-3-14(13)18-6-10-1-2-11-7-17-8-12(11)5-10/h1-5,9,17H,6-8H2,(H,16,18). The summed E-state index contributed by atoms with van der Waals surface area (Å²) >= 11 is 6.05. The van der Waals surface area contributed by atoms with Gasteiger partial charge in [-0.3, -0.25) is 4.98 Å². The number of anilines is 1. The first kappa shape index (κ1) is 11.5. The molecule has 0 atom stereocenters. The van der Waals surface area contributed by atoms with Crippen LogP contribution in [0.4, 0.5) is 5.69 Å². The summed E-state index contributed by atoms with van der Waals surface area (Å²) in [5, 5.41) is 7.33. The van der Waals surface area contributed by atoms with Gasteiger partial charge in [0.1, 0.15) is 0 Å². The third-order valence-corrected chi connectivity index (χ3v) is 3.46. The van der Waals surface area contributed by atoms with Crippen molar-refractivity contribution in [3.05, 3.63) is 58.4 Å². The molecule has 0 saturated heterocycles. The Bertz CT molecular complexity index is 569. The molecule has 0 radical (unpaired) electrons. The molecular formula is C14H14ClN3. The maximum absolute atomic E-state index is 6.05. The average molecular weight is 260 g/mol. The Hall–Kier alpha value is -1.58. The largest absolute Gasteiger partial charge is 0.380 e. The van der Waals surface area contributed by atoms with Gasteiger partial charge >= 0.3 is 0 Å². The summed E-state index contributed by atoms with van der Waals surface area (Å²) in [7, 11) is 0. The van der Waals surface area contributed by atoms with E-state index in [2.05, 4.69) is 33.8 Å². The molecule has 1 aromatic carbocycles. The van der Waals surface area contributed by atoms with Gasteiger partial charge in [0.25, 0.3) is 0 Å². The van der Waals surface area contributed by atoms with Gasteiger partial charge in [-0.15, -0.1) is 0 Å². The van der Waals surface area contributed by atoms with Gasteiger partial charge in [0.15, 0.2) is 0 Å². The first-order valence-electron chi connectivity index (χ1n) is 5.98. The van der Waals surface area contributed by atoms with Crippen molar-refractivity contribution in [3.8, 4) is 0 Å². The molecule has 3 nitrogen and oxygen atoms in total. The second-order valence-electron chi connectivity index (χ2n) is 4.42. The molecule has 0 saturated carbocycles. The predicted octanol–water partition coefficient (Wildman–Crippen LogP) is 2.95. The van der Waals surface area contributed by atoms with Crippen LogP contribution in [0.1, 0.15) is 16.7 Å². The first-order chi connectivity index (χ1) is 8.83. The number of pyridine rings is 1. The molecule has 92 valence electrons. The third kappa shape index (κ3) is 2.33. The summed E-state index contributed by atoms with van der Waals surface area (Å²) < 4.78 is 0. The van der Waals surface area contributed by atoms with E-state index in [-0.39, 0.29) is 0 Å². The quantitative estimate of drug-likeness (QED) is 0.890. The van der Waals surface area contributed by atoms with Crippen molar-refractivity contribution in [2.45, 2.75) is 19.6 Å². The van der Waals surface area contributed by atoms with Crippen LogP contribution >= 0.6 is 11.6 Å². The number of rotatable bonds is 3. The molecule has 0 unspecified atom stereocenters. The molecular weight excluding hydrogens is 246 g/mol. The molecule has 18 heavy (non-hydrogen) atoms. The lowest BCUT2D eigenvalue weighted by Gasteiger charge is -2.09. The van der Waals surface area contributed by atoms with Gasteiger partial charge in [-0.05, 0) is 22.8 Å². The highest BCUT2D eigenvalue weighted by Crippen LogP contribution is 2.21. The summed E-state index contributed by atoms with van der Waals surface area (Å²) in [6.07, 6.45) is 3.39. The number of aromatic nitrogens is 1. The van der Waals surface area contributed by atoms with E-state index in [4.69, 9.17) is 11.6 Å². The number of nitrogens with one attached hydrogen (secondary N) is 2. The lowest BCUT2D eigenvalue weighted by atomic mass is 10.1. The Morgan fingerprint density at radius 3 is 3.00 bits per heavy atom. The van der Waals surface area contributed by atoms with Crippen molar-refractivity contribution in [1.29, 1.82) is 0 Å². The molecule has 0 spiro atoms. The van der Waals surface area contributed by atoms with Gasteiger partial charge in [0.05, 0.1) is 10.7 Å². The Kier molecular flexibility index (Phi) is 3.17. The van der Waals surface area contributed by atoms with Crippen LogP contribution in [-0.4, -0.2) is 4.98 Å². The summed E-state index contributed by atoms with van der Waals surface area (Å²) in [6.45, 7) is 2.73. The zero-order valence-corrected chi connectivity index (χ0v) is 10.7. The Morgan fingerprint density at radius 1 is 1.22 bits per heavy atom. The lowest BCUT2D eigenvalue weighted by Crippen LogP contribution is -2.01. The second kappa shape index (κ2) is 4.96. The summed E-state index contributed by atoms with van der Waals surface area (Å²) in [4.78, 5) is 3.97. The highest BCUT2D eigenvalue weighted by Gasteiger charge is 2.09. The van der Waals surface area contributed by atoms with Crippen molar-refractivity contribution in [2.24, 2.45) is 0 Å². The van der Waals surface area contributed by atoms with E-state index in [9.17, 15) is 0 Å². The van der Waals surface area contributed by atoms with Gasteiger partial charge < -0.3 is 10.6 Å². The van der Waals surface area contributed by atoms with E-state index >= 15 is 0 Å². The van der Waals surface area contributed by atoms with E-state index in [1.807, 2.05) is 6.07 Å². The number of benzene rings is 1. The lowest BCUT2D eigenvalue weighted by molar-refractivity contribution is 0.764. The zero-order chi connectivity index (χ0) is 12.4. The van der Waals surface area contributed by atoms with Crippen molar-refractivity contribution in [2.75, 3.05) is 5.32 Å². The number of halogens is 1. The second-order valence-corrected chi connectivity index (χ2v) is 4.82. The van der Waals surface area contributed by atoms with Gasteiger partial charge in [-0.25, -0.2) is 0 Å². The highest BCUT2D eigenvalue weighted by molar-refractivity contribution is 6.33. The molecule has 0 bridgehead atoms. The molecule has 2 N–H and O–H groups in total. The number of nitrogens with zero attached hydrogens (tertiary/aromatic N) is 1. The maximum Gasteiger partial charge on any atom is 0.0820 e. The average Bonchev–Trinajstić information content (AvgIpc) is 2.85. The fourth-order valence-corrected chi connectivity index (χ4v) is 2.36. The normalized spacial score (nSPS) is 13.4. The van der Waals surface area contributed by atoms with Crippen LogP contribution in [0.25, 0.3) is 0 Å². The van der Waals surface area contributed by atoms with E-state index in [1.165, 1.54) is 16.7 Å². The number of hydrogen-bond donors (Lipinski definition) is 2. The molecule has 1 aliphatic heterocycles. The van der Waals surface area contributed by atoms with E-state index < -0.39 is 0 Å². The summed E-state index contributed by atoms with van der Waals surface area (Å²) in [5.41, 5.74) is 4.99. The molecule has 3 rings (SSSR count). The Labute approximate surface area is 111 Å². The van der Waals surface area contributed by atoms with Crippen LogP contribution < -0.4 is 10.6 Å². The van der Waals surface area contributed by atoms with Crippen LogP contribution in [0.2, 0.25) is 5.02 Å². The Balaban J connectivity index is 1.72. The SMILES string of the molecule is Clc1cnccc1NCc1ccc2c(c1)CNC2. The minimum atomic E-state index is 0.653. The van der Waals surface area contributed by atoms with E-state index in [0.717, 1.165) is 25.3 Å². The van der Waals surface area contributed by atoms with E-state index in [1.54, 1.807) is 12.4 Å². The van der Waals surface area contributed by atoms with E-state index in [0.29, 0.717) is 5.02 Å². The van der Waals surface area contributed by atoms with Gasteiger partial charge in [-0.1, -0.05) is 29.8 Å². The van der Waals surface area contributed by atoms with Gasteiger partial charge in [0, 0.05) is 32.0 Å². The molecule has 2 aromatic rings. The third-order valence-electron chi connectivity index (χ3n) is 3.16. The van der Waals surface area contributed by atoms with Crippen LogP contribution in [0, 0.1) is 0 Å². The maximum atomic E-state index is 6.05. The minimum Gasteiger partial charge on any atom is -0.380 e. The number of fused-ring (bicyclic) bond motifs is 1. The van der Waals surface area contributed by atoms with Crippen molar-refractivity contribution in [1.82, 2.24) is 10.3 Å². The number of hydrogen-bond acceptors (Lipinski definition) is 3. The molecule has 1 aromatic heterocycles. The van der Waals surface area contributed by atoms with Crippen LogP contribution in [-0.2, 0) is 19.6 Å². The van der Waals surface area contributed by atoms with Gasteiger partial charge in [0.2, 0.25) is 0 Å². The van der Waals surface area contributed by atoms with Crippen LogP contribution in [0.5, 0.6) is 0 Å². The van der Waals surface area contributed by atoms with Crippen molar-refractivity contribution in [3.63, 3.8) is 0 Å². The van der Waals surface area contributed by atoms with Crippen LogP contribution in [0.3, 0.4) is 0 Å². The molecule has 0 amide bonds. The fourth-order valence-electron chi connectivity index (χ4n) is 2.17.